The van der Waals surface area contributed by atoms with Gasteiger partial charge in [-0.25, -0.2) is 8.42 Å². The van der Waals surface area contributed by atoms with Crippen LogP contribution in [0.2, 0.25) is 0 Å². The number of sulfone groups is 1. The minimum Gasteiger partial charge on any atom is -0.223 e. The van der Waals surface area contributed by atoms with Crippen molar-refractivity contribution in [1.29, 1.82) is 0 Å². The molecule has 2 nitrogen and oxygen atoms in total. The van der Waals surface area contributed by atoms with Crippen LogP contribution in [0.15, 0.2) is 83.1 Å². The zero-order valence-electron chi connectivity index (χ0n) is 15.6. The Labute approximate surface area is 162 Å². The van der Waals surface area contributed by atoms with E-state index in [-0.39, 0.29) is 0 Å². The van der Waals surface area contributed by atoms with Crippen molar-refractivity contribution in [2.24, 2.45) is 0 Å². The summed E-state index contributed by atoms with van der Waals surface area (Å²) in [6, 6.07) is 17.0. The average Bonchev–Trinajstić information content (AvgIpc) is 2.65. The second-order valence-electron chi connectivity index (χ2n) is 6.32. The van der Waals surface area contributed by atoms with Crippen molar-refractivity contribution in [2.45, 2.75) is 36.3 Å². The number of thioether (sulfide) groups is 1. The fourth-order valence-electron chi connectivity index (χ4n) is 2.92. The monoisotopic (exact) mass is 386 g/mol. The highest BCUT2D eigenvalue weighted by molar-refractivity contribution is 8.01. The molecule has 0 saturated carbocycles. The largest absolute Gasteiger partial charge is 0.223 e. The quantitative estimate of drug-likeness (QED) is 0.554. The van der Waals surface area contributed by atoms with Gasteiger partial charge in [0.25, 0.3) is 0 Å². The Morgan fingerprint density at radius 3 is 2.23 bits per heavy atom. The van der Waals surface area contributed by atoms with Crippen LogP contribution in [0.1, 0.15) is 24.5 Å². The molecule has 2 aromatic rings. The van der Waals surface area contributed by atoms with E-state index in [1.165, 1.54) is 0 Å². The lowest BCUT2D eigenvalue weighted by Crippen LogP contribution is -2.38. The highest BCUT2D eigenvalue weighted by Gasteiger charge is 2.41. The Kier molecular flexibility index (Phi) is 7.30. The van der Waals surface area contributed by atoms with Crippen LogP contribution < -0.4 is 0 Å². The molecule has 0 aromatic heterocycles. The van der Waals surface area contributed by atoms with Gasteiger partial charge >= 0.3 is 0 Å². The van der Waals surface area contributed by atoms with Gasteiger partial charge in [-0.15, -0.1) is 11.8 Å². The summed E-state index contributed by atoms with van der Waals surface area (Å²) < 4.78 is 26.2. The molecule has 2 aromatic carbocycles. The smallest absolute Gasteiger partial charge is 0.187 e. The number of hydrogen-bond acceptors (Lipinski definition) is 3. The molecule has 0 heterocycles. The van der Waals surface area contributed by atoms with Crippen molar-refractivity contribution >= 4 is 21.6 Å². The standard InChI is InChI=1S/C22H26O2S2/c1-4-22(16-8-9-17-25-3,18-20-10-6-5-7-11-20)26(23,24)21-14-12-19(2)13-15-21/h5-17H,4,18H2,1-3H3. The molecule has 0 N–H and O–H groups in total. The van der Waals surface area contributed by atoms with Gasteiger partial charge in [-0.2, -0.15) is 0 Å². The van der Waals surface area contributed by atoms with Crippen molar-refractivity contribution in [3.05, 3.63) is 89.4 Å². The first-order valence-electron chi connectivity index (χ1n) is 8.67. The van der Waals surface area contributed by atoms with Crippen LogP contribution >= 0.6 is 11.8 Å². The molecule has 1 unspecified atom stereocenters. The Morgan fingerprint density at radius 2 is 1.65 bits per heavy atom. The summed E-state index contributed by atoms with van der Waals surface area (Å²) in [5.41, 5.74) is 2.07. The van der Waals surface area contributed by atoms with E-state index < -0.39 is 14.6 Å². The zero-order valence-corrected chi connectivity index (χ0v) is 17.2. The molecule has 0 aliphatic rings. The average molecular weight is 387 g/mol. The molecule has 0 fully saturated rings. The highest BCUT2D eigenvalue weighted by Crippen LogP contribution is 2.34. The molecule has 138 valence electrons. The van der Waals surface area contributed by atoms with E-state index in [2.05, 4.69) is 0 Å². The Bertz CT molecular complexity index is 851. The van der Waals surface area contributed by atoms with Gasteiger partial charge in [-0.1, -0.05) is 73.2 Å². The lowest BCUT2D eigenvalue weighted by Gasteiger charge is -2.30. The van der Waals surface area contributed by atoms with Crippen molar-refractivity contribution < 1.29 is 8.42 Å². The van der Waals surface area contributed by atoms with E-state index in [0.717, 1.165) is 11.1 Å². The molecule has 4 heteroatoms. The lowest BCUT2D eigenvalue weighted by molar-refractivity contribution is 0.540. The Balaban J connectivity index is 2.55. The van der Waals surface area contributed by atoms with Crippen molar-refractivity contribution in [1.82, 2.24) is 0 Å². The molecule has 0 saturated heterocycles. The van der Waals surface area contributed by atoms with Crippen LogP contribution in [-0.4, -0.2) is 19.4 Å². The maximum Gasteiger partial charge on any atom is 0.187 e. The minimum absolute atomic E-state index is 0.374. The first kappa shape index (κ1) is 20.5. The van der Waals surface area contributed by atoms with Crippen LogP contribution in [0.4, 0.5) is 0 Å². The van der Waals surface area contributed by atoms with Crippen LogP contribution in [0.3, 0.4) is 0 Å². The summed E-state index contributed by atoms with van der Waals surface area (Å²) in [5.74, 6) is 0. The fraction of sp³-hybridized carbons (Fsp3) is 0.273. The molecule has 0 radical (unpaired) electrons. The number of rotatable bonds is 8. The molecule has 0 bridgehead atoms. The fourth-order valence-corrected chi connectivity index (χ4v) is 5.13. The maximum absolute atomic E-state index is 13.6. The van der Waals surface area contributed by atoms with Gasteiger partial charge in [0.2, 0.25) is 0 Å². The third-order valence-electron chi connectivity index (χ3n) is 4.54. The molecular weight excluding hydrogens is 360 g/mol. The summed E-state index contributed by atoms with van der Waals surface area (Å²) in [7, 11) is -3.54. The van der Waals surface area contributed by atoms with Gasteiger partial charge in [0.15, 0.2) is 9.84 Å². The van der Waals surface area contributed by atoms with Gasteiger partial charge in [0.05, 0.1) is 9.64 Å². The van der Waals surface area contributed by atoms with Gasteiger partial charge < -0.3 is 0 Å². The topological polar surface area (TPSA) is 34.1 Å². The summed E-state index contributed by atoms with van der Waals surface area (Å²) in [5, 5.41) is 1.94. The lowest BCUT2D eigenvalue weighted by atomic mass is 9.95. The molecule has 0 amide bonds. The molecule has 0 aliphatic carbocycles. The number of benzene rings is 2. The summed E-state index contributed by atoms with van der Waals surface area (Å²) in [6.45, 7) is 3.90. The predicted molar refractivity (Wildman–Crippen MR) is 113 cm³/mol. The van der Waals surface area contributed by atoms with Crippen LogP contribution in [-0.2, 0) is 16.3 Å². The van der Waals surface area contributed by atoms with Gasteiger partial charge in [0.1, 0.15) is 0 Å². The number of hydrogen-bond donors (Lipinski definition) is 0. The minimum atomic E-state index is -3.54. The number of aryl methyl sites for hydroxylation is 1. The molecule has 2 rings (SSSR count). The van der Waals surface area contributed by atoms with Crippen LogP contribution in [0.5, 0.6) is 0 Å². The van der Waals surface area contributed by atoms with Crippen molar-refractivity contribution in [2.75, 3.05) is 6.26 Å². The first-order valence-corrected chi connectivity index (χ1v) is 11.4. The van der Waals surface area contributed by atoms with Crippen LogP contribution in [0, 0.1) is 6.92 Å². The predicted octanol–water partition coefficient (Wildman–Crippen LogP) is 5.59. The van der Waals surface area contributed by atoms with Crippen molar-refractivity contribution in [3.63, 3.8) is 0 Å². The van der Waals surface area contributed by atoms with E-state index in [0.29, 0.717) is 17.7 Å². The Morgan fingerprint density at radius 1 is 1.00 bits per heavy atom. The highest BCUT2D eigenvalue weighted by atomic mass is 32.2. The van der Waals surface area contributed by atoms with E-state index in [4.69, 9.17) is 0 Å². The van der Waals surface area contributed by atoms with Crippen LogP contribution in [0.25, 0.3) is 0 Å². The van der Waals surface area contributed by atoms with E-state index >= 15 is 0 Å². The summed E-state index contributed by atoms with van der Waals surface area (Å²) in [4.78, 5) is 0.374. The Hall–Kier alpha value is -1.78. The second kappa shape index (κ2) is 9.24. The SMILES string of the molecule is CCC(C=CC=CSC)(Cc1ccccc1)S(=O)(=O)c1ccc(C)cc1. The molecule has 1 atom stereocenters. The van der Waals surface area contributed by atoms with Gasteiger partial charge in [0, 0.05) is 0 Å². The van der Waals surface area contributed by atoms with Gasteiger partial charge in [-0.3, -0.25) is 0 Å². The third-order valence-corrected chi connectivity index (χ3v) is 7.50. The molecule has 26 heavy (non-hydrogen) atoms. The molecule has 0 spiro atoms. The number of allylic oxidation sites excluding steroid dienone is 2. The van der Waals surface area contributed by atoms with E-state index in [1.54, 1.807) is 23.9 Å². The molecule has 0 aliphatic heterocycles. The second-order valence-corrected chi connectivity index (χ2v) is 9.36. The van der Waals surface area contributed by atoms with Gasteiger partial charge in [-0.05, 0) is 49.1 Å². The zero-order chi connectivity index (χ0) is 19.0. The normalized spacial score (nSPS) is 14.7. The first-order chi connectivity index (χ1) is 12.4. The van der Waals surface area contributed by atoms with Crippen molar-refractivity contribution in [3.8, 4) is 0 Å². The third kappa shape index (κ3) is 4.68. The summed E-state index contributed by atoms with van der Waals surface area (Å²) >= 11 is 1.59. The maximum atomic E-state index is 13.6. The van der Waals surface area contributed by atoms with E-state index in [9.17, 15) is 8.42 Å². The molecular formula is C22H26O2S2. The summed E-state index contributed by atoms with van der Waals surface area (Å²) in [6.07, 6.45) is 8.53. The van der Waals surface area contributed by atoms with E-state index in [1.807, 2.05) is 86.2 Å².